The van der Waals surface area contributed by atoms with Gasteiger partial charge < -0.3 is 10.6 Å². The molecule has 2 aromatic rings. The first-order chi connectivity index (χ1) is 13.5. The second-order valence-corrected chi connectivity index (χ2v) is 9.35. The number of aryl methyl sites for hydroxylation is 1. The summed E-state index contributed by atoms with van der Waals surface area (Å²) in [5.74, 6) is -0.396. The van der Waals surface area contributed by atoms with Gasteiger partial charge in [0.05, 0.1) is 23.2 Å². The van der Waals surface area contributed by atoms with Crippen LogP contribution < -0.4 is 14.9 Å². The minimum atomic E-state index is -3.46. The maximum Gasteiger partial charge on any atom is 0.255 e. The van der Waals surface area contributed by atoms with E-state index in [9.17, 15) is 18.0 Å². The van der Waals surface area contributed by atoms with E-state index in [1.165, 1.54) is 13.1 Å². The third-order valence-electron chi connectivity index (χ3n) is 4.40. The van der Waals surface area contributed by atoms with Crippen LogP contribution in [0.25, 0.3) is 0 Å². The van der Waals surface area contributed by atoms with Crippen LogP contribution in [0.15, 0.2) is 42.5 Å². The van der Waals surface area contributed by atoms with Crippen molar-refractivity contribution in [2.24, 2.45) is 5.92 Å². The van der Waals surface area contributed by atoms with Crippen LogP contribution >= 0.6 is 0 Å². The summed E-state index contributed by atoms with van der Waals surface area (Å²) < 4.78 is 24.9. The van der Waals surface area contributed by atoms with Crippen molar-refractivity contribution >= 4 is 33.2 Å². The molecule has 0 aliphatic rings. The molecule has 0 unspecified atom stereocenters. The Kier molecular flexibility index (Phi) is 7.02. The molecule has 2 N–H and O–H groups in total. The Bertz CT molecular complexity index is 1020. The van der Waals surface area contributed by atoms with E-state index in [0.717, 1.165) is 16.1 Å². The minimum absolute atomic E-state index is 0.268. The van der Waals surface area contributed by atoms with Crippen molar-refractivity contribution in [3.63, 3.8) is 0 Å². The molecule has 0 fully saturated rings. The summed E-state index contributed by atoms with van der Waals surface area (Å²) in [5, 5.41) is 5.59. The van der Waals surface area contributed by atoms with Gasteiger partial charge in [-0.25, -0.2) is 8.42 Å². The molecule has 8 heteroatoms. The van der Waals surface area contributed by atoms with E-state index in [0.29, 0.717) is 35.0 Å². The van der Waals surface area contributed by atoms with E-state index in [2.05, 4.69) is 10.6 Å². The largest absolute Gasteiger partial charge is 0.352 e. The zero-order chi connectivity index (χ0) is 21.8. The quantitative estimate of drug-likeness (QED) is 0.724. The number of hydrogen-bond acceptors (Lipinski definition) is 4. The molecule has 7 nitrogen and oxygen atoms in total. The fourth-order valence-corrected chi connectivity index (χ4v) is 3.20. The predicted molar refractivity (Wildman–Crippen MR) is 116 cm³/mol. The Balaban J connectivity index is 2.29. The first kappa shape index (κ1) is 22.4. The number of carbonyl (C=O) groups is 2. The standard InChI is InChI=1S/C21H27N3O4S/c1-14(2)13-22-21(26)17-8-6-7-9-18(17)23-20(25)16-11-10-15(3)19(12-16)24(4)29(5,27)28/h6-12,14H,13H2,1-5H3,(H,22,26)(H,23,25). The summed E-state index contributed by atoms with van der Waals surface area (Å²) in [6.07, 6.45) is 1.10. The number of rotatable bonds is 7. The normalized spacial score (nSPS) is 11.2. The molecule has 0 bridgehead atoms. The number of carbonyl (C=O) groups excluding carboxylic acids is 2. The third kappa shape index (κ3) is 5.80. The lowest BCUT2D eigenvalue weighted by atomic mass is 10.1. The van der Waals surface area contributed by atoms with Gasteiger partial charge in [0.1, 0.15) is 0 Å². The van der Waals surface area contributed by atoms with Gasteiger partial charge in [-0.2, -0.15) is 0 Å². The topological polar surface area (TPSA) is 95.6 Å². The molecule has 0 aliphatic heterocycles. The summed E-state index contributed by atoms with van der Waals surface area (Å²) in [4.78, 5) is 25.2. The highest BCUT2D eigenvalue weighted by atomic mass is 32.2. The number of benzene rings is 2. The Labute approximate surface area is 172 Å². The van der Waals surface area contributed by atoms with Crippen LogP contribution in [0.2, 0.25) is 0 Å². The SMILES string of the molecule is Cc1ccc(C(=O)Nc2ccccc2C(=O)NCC(C)C)cc1N(C)S(C)(=O)=O. The number of sulfonamides is 1. The van der Waals surface area contributed by atoms with Crippen LogP contribution in [0.3, 0.4) is 0 Å². The van der Waals surface area contributed by atoms with Crippen LogP contribution in [-0.2, 0) is 10.0 Å². The molecule has 0 heterocycles. The van der Waals surface area contributed by atoms with E-state index < -0.39 is 15.9 Å². The van der Waals surface area contributed by atoms with Crippen LogP contribution in [0, 0.1) is 12.8 Å². The number of para-hydroxylation sites is 1. The molecular weight excluding hydrogens is 390 g/mol. The van der Waals surface area contributed by atoms with E-state index in [1.54, 1.807) is 43.3 Å². The van der Waals surface area contributed by atoms with Crippen LogP contribution in [0.1, 0.15) is 40.1 Å². The molecule has 0 saturated heterocycles. The molecule has 2 amide bonds. The second-order valence-electron chi connectivity index (χ2n) is 7.34. The first-order valence-electron chi connectivity index (χ1n) is 9.24. The summed E-state index contributed by atoms with van der Waals surface area (Å²) in [6.45, 7) is 6.29. The van der Waals surface area contributed by atoms with Crippen LogP contribution in [-0.4, -0.2) is 40.1 Å². The average molecular weight is 418 g/mol. The number of nitrogens with zero attached hydrogens (tertiary/aromatic N) is 1. The van der Waals surface area contributed by atoms with Crippen molar-refractivity contribution in [2.45, 2.75) is 20.8 Å². The number of hydrogen-bond donors (Lipinski definition) is 2. The minimum Gasteiger partial charge on any atom is -0.352 e. The first-order valence-corrected chi connectivity index (χ1v) is 11.1. The molecule has 0 saturated carbocycles. The lowest BCUT2D eigenvalue weighted by Crippen LogP contribution is -2.28. The highest BCUT2D eigenvalue weighted by Crippen LogP contribution is 2.24. The highest BCUT2D eigenvalue weighted by molar-refractivity contribution is 7.92. The van der Waals surface area contributed by atoms with Crippen molar-refractivity contribution < 1.29 is 18.0 Å². The maximum atomic E-state index is 12.8. The second kappa shape index (κ2) is 9.09. The lowest BCUT2D eigenvalue weighted by Gasteiger charge is -2.20. The molecule has 156 valence electrons. The molecule has 2 aromatic carbocycles. The Hall–Kier alpha value is -2.87. The molecular formula is C21H27N3O4S. The van der Waals surface area contributed by atoms with Gasteiger partial charge in [0.25, 0.3) is 11.8 Å². The van der Waals surface area contributed by atoms with E-state index in [-0.39, 0.29) is 5.91 Å². The van der Waals surface area contributed by atoms with Gasteiger partial charge in [0.15, 0.2) is 0 Å². The Morgan fingerprint density at radius 2 is 1.72 bits per heavy atom. The molecule has 0 radical (unpaired) electrons. The number of amides is 2. The number of nitrogens with one attached hydrogen (secondary N) is 2. The molecule has 0 aliphatic carbocycles. The van der Waals surface area contributed by atoms with Crippen molar-refractivity contribution in [2.75, 3.05) is 29.5 Å². The molecule has 29 heavy (non-hydrogen) atoms. The van der Waals surface area contributed by atoms with Crippen LogP contribution in [0.5, 0.6) is 0 Å². The third-order valence-corrected chi connectivity index (χ3v) is 5.59. The van der Waals surface area contributed by atoms with Gasteiger partial charge in [-0.05, 0) is 42.7 Å². The summed E-state index contributed by atoms with van der Waals surface area (Å²) in [6, 6.07) is 11.6. The van der Waals surface area contributed by atoms with Crippen molar-refractivity contribution in [3.05, 3.63) is 59.2 Å². The van der Waals surface area contributed by atoms with E-state index >= 15 is 0 Å². The average Bonchev–Trinajstić information content (AvgIpc) is 2.65. The highest BCUT2D eigenvalue weighted by Gasteiger charge is 2.18. The van der Waals surface area contributed by atoms with Gasteiger partial charge in [-0.1, -0.05) is 32.0 Å². The van der Waals surface area contributed by atoms with Gasteiger partial charge in [0, 0.05) is 19.2 Å². The smallest absolute Gasteiger partial charge is 0.255 e. The zero-order valence-corrected chi connectivity index (χ0v) is 18.1. The zero-order valence-electron chi connectivity index (χ0n) is 17.3. The molecule has 0 spiro atoms. The fourth-order valence-electron chi connectivity index (χ4n) is 2.65. The number of anilines is 2. The lowest BCUT2D eigenvalue weighted by molar-refractivity contribution is 0.0950. The molecule has 0 atom stereocenters. The van der Waals surface area contributed by atoms with Crippen molar-refractivity contribution in [3.8, 4) is 0 Å². The Morgan fingerprint density at radius 1 is 1.07 bits per heavy atom. The van der Waals surface area contributed by atoms with Crippen molar-refractivity contribution in [1.82, 2.24) is 5.32 Å². The van der Waals surface area contributed by atoms with Gasteiger partial charge in [-0.3, -0.25) is 13.9 Å². The van der Waals surface area contributed by atoms with E-state index in [4.69, 9.17) is 0 Å². The summed E-state index contributed by atoms with van der Waals surface area (Å²) in [7, 11) is -2.02. The Morgan fingerprint density at radius 3 is 2.34 bits per heavy atom. The summed E-state index contributed by atoms with van der Waals surface area (Å²) in [5.41, 5.74) is 2.18. The van der Waals surface area contributed by atoms with Gasteiger partial charge in [0.2, 0.25) is 10.0 Å². The van der Waals surface area contributed by atoms with Crippen molar-refractivity contribution in [1.29, 1.82) is 0 Å². The van der Waals surface area contributed by atoms with Crippen LogP contribution in [0.4, 0.5) is 11.4 Å². The summed E-state index contributed by atoms with van der Waals surface area (Å²) >= 11 is 0. The fraction of sp³-hybridized carbons (Fsp3) is 0.333. The predicted octanol–water partition coefficient (Wildman–Crippen LogP) is 3.03. The van der Waals surface area contributed by atoms with Gasteiger partial charge in [-0.15, -0.1) is 0 Å². The van der Waals surface area contributed by atoms with E-state index in [1.807, 2.05) is 13.8 Å². The maximum absolute atomic E-state index is 12.8. The monoisotopic (exact) mass is 417 g/mol. The molecule has 2 rings (SSSR count). The molecule has 0 aromatic heterocycles. The van der Waals surface area contributed by atoms with Gasteiger partial charge >= 0.3 is 0 Å².